The Morgan fingerprint density at radius 3 is 2.87 bits per heavy atom. The summed E-state index contributed by atoms with van der Waals surface area (Å²) in [5, 5.41) is 9.03. The summed E-state index contributed by atoms with van der Waals surface area (Å²) in [6.45, 7) is 2.23. The van der Waals surface area contributed by atoms with Gasteiger partial charge in [0.05, 0.1) is 12.4 Å². The minimum atomic E-state index is 0.647. The van der Waals surface area contributed by atoms with Gasteiger partial charge in [-0.1, -0.05) is 42.1 Å². The molecule has 6 nitrogen and oxygen atoms in total. The molecule has 3 rings (SSSR count). The highest BCUT2D eigenvalue weighted by molar-refractivity contribution is 7.98. The van der Waals surface area contributed by atoms with Crippen molar-refractivity contribution in [2.24, 2.45) is 0 Å². The van der Waals surface area contributed by atoms with E-state index >= 15 is 0 Å². The van der Waals surface area contributed by atoms with Crippen LogP contribution in [0.4, 0.5) is 0 Å². The van der Waals surface area contributed by atoms with Crippen LogP contribution in [0.2, 0.25) is 0 Å². The minimum absolute atomic E-state index is 0.647. The van der Waals surface area contributed by atoms with Gasteiger partial charge in [-0.3, -0.25) is 0 Å². The van der Waals surface area contributed by atoms with Gasteiger partial charge in [-0.2, -0.15) is 0 Å². The molecule has 0 fully saturated rings. The third kappa shape index (κ3) is 4.20. The first-order valence-electron chi connectivity index (χ1n) is 7.40. The lowest BCUT2D eigenvalue weighted by atomic mass is 10.2. The molecule has 2 aromatic heterocycles. The zero-order chi connectivity index (χ0) is 15.9. The molecule has 0 unspecified atom stereocenters. The molecule has 120 valence electrons. The first-order valence-corrected chi connectivity index (χ1v) is 8.39. The maximum absolute atomic E-state index is 5.10. The largest absolute Gasteiger partial charge is 0.383 e. The highest BCUT2D eigenvalue weighted by Gasteiger charge is 2.09. The van der Waals surface area contributed by atoms with E-state index in [9.17, 15) is 0 Å². The van der Waals surface area contributed by atoms with Crippen LogP contribution < -0.4 is 0 Å². The second-order valence-electron chi connectivity index (χ2n) is 5.05. The number of methoxy groups -OCH3 is 1. The molecular formula is C16H19N5OS. The van der Waals surface area contributed by atoms with Crippen molar-refractivity contribution in [2.75, 3.05) is 13.7 Å². The molecule has 0 bridgehead atoms. The normalized spacial score (nSPS) is 11.0. The number of benzene rings is 1. The Morgan fingerprint density at radius 1 is 1.17 bits per heavy atom. The summed E-state index contributed by atoms with van der Waals surface area (Å²) >= 11 is 1.64. The second-order valence-corrected chi connectivity index (χ2v) is 5.99. The van der Waals surface area contributed by atoms with Gasteiger partial charge in [-0.15, -0.1) is 10.2 Å². The van der Waals surface area contributed by atoms with Crippen LogP contribution in [0, 0.1) is 0 Å². The summed E-state index contributed by atoms with van der Waals surface area (Å²) in [6.07, 6.45) is 5.59. The van der Waals surface area contributed by atoms with Crippen molar-refractivity contribution in [3.8, 4) is 0 Å². The zero-order valence-corrected chi connectivity index (χ0v) is 13.8. The number of thioether (sulfide) groups is 1. The lowest BCUT2D eigenvalue weighted by Crippen LogP contribution is -2.06. The van der Waals surface area contributed by atoms with Crippen LogP contribution in [0.3, 0.4) is 0 Å². The monoisotopic (exact) mass is 329 g/mol. The zero-order valence-electron chi connectivity index (χ0n) is 13.0. The Balaban J connectivity index is 1.63. The summed E-state index contributed by atoms with van der Waals surface area (Å²) in [5.41, 5.74) is 1.26. The van der Waals surface area contributed by atoms with Gasteiger partial charge < -0.3 is 13.9 Å². The van der Waals surface area contributed by atoms with E-state index in [1.54, 1.807) is 25.2 Å². The van der Waals surface area contributed by atoms with Crippen LogP contribution in [0.25, 0.3) is 0 Å². The maximum atomic E-state index is 5.10. The quantitative estimate of drug-likeness (QED) is 0.594. The summed E-state index contributed by atoms with van der Waals surface area (Å²) in [7, 11) is 1.69. The third-order valence-electron chi connectivity index (χ3n) is 3.44. The lowest BCUT2D eigenvalue weighted by Gasteiger charge is -2.08. The van der Waals surface area contributed by atoms with Gasteiger partial charge in [0.1, 0.15) is 12.2 Å². The molecule has 3 aromatic rings. The van der Waals surface area contributed by atoms with Crippen molar-refractivity contribution in [2.45, 2.75) is 24.0 Å². The van der Waals surface area contributed by atoms with Crippen LogP contribution >= 0.6 is 11.8 Å². The fraction of sp³-hybridized carbons (Fsp3) is 0.312. The van der Waals surface area contributed by atoms with Crippen molar-refractivity contribution < 1.29 is 4.74 Å². The number of hydrogen-bond acceptors (Lipinski definition) is 5. The fourth-order valence-electron chi connectivity index (χ4n) is 2.23. The average molecular weight is 329 g/mol. The molecule has 7 heteroatoms. The van der Waals surface area contributed by atoms with Gasteiger partial charge in [0.15, 0.2) is 5.16 Å². The van der Waals surface area contributed by atoms with Crippen LogP contribution in [-0.4, -0.2) is 38.0 Å². The first kappa shape index (κ1) is 15.8. The van der Waals surface area contributed by atoms with E-state index in [4.69, 9.17) is 4.74 Å². The molecule has 0 saturated heterocycles. The number of imidazole rings is 1. The SMILES string of the molecule is COCCn1cnnc1SCc1nccn1Cc1ccccc1. The smallest absolute Gasteiger partial charge is 0.191 e. The molecule has 0 amide bonds. The van der Waals surface area contributed by atoms with Crippen molar-refractivity contribution in [1.29, 1.82) is 0 Å². The summed E-state index contributed by atoms with van der Waals surface area (Å²) in [5.74, 6) is 1.78. The standard InChI is InChI=1S/C16H19N5OS/c1-22-10-9-21-13-18-19-16(21)23-12-15-17-7-8-20(15)11-14-5-3-2-4-6-14/h2-8,13H,9-12H2,1H3. The molecule has 1 aromatic carbocycles. The lowest BCUT2D eigenvalue weighted by molar-refractivity contribution is 0.184. The highest BCUT2D eigenvalue weighted by Crippen LogP contribution is 2.20. The summed E-state index contributed by atoms with van der Waals surface area (Å²) < 4.78 is 9.27. The van der Waals surface area contributed by atoms with Gasteiger partial charge >= 0.3 is 0 Å². The van der Waals surface area contributed by atoms with E-state index in [0.717, 1.165) is 29.8 Å². The van der Waals surface area contributed by atoms with E-state index in [-0.39, 0.29) is 0 Å². The Hall–Kier alpha value is -2.12. The van der Waals surface area contributed by atoms with E-state index in [0.29, 0.717) is 6.61 Å². The molecule has 0 aliphatic heterocycles. The average Bonchev–Trinajstić information content (AvgIpc) is 3.21. The van der Waals surface area contributed by atoms with Crippen molar-refractivity contribution in [3.63, 3.8) is 0 Å². The third-order valence-corrected chi connectivity index (χ3v) is 4.42. The highest BCUT2D eigenvalue weighted by atomic mass is 32.2. The Labute approximate surface area is 139 Å². The van der Waals surface area contributed by atoms with Gasteiger partial charge in [0.25, 0.3) is 0 Å². The van der Waals surface area contributed by atoms with E-state index < -0.39 is 0 Å². The van der Waals surface area contributed by atoms with Crippen molar-refractivity contribution in [3.05, 3.63) is 60.4 Å². The molecule has 0 radical (unpaired) electrons. The second kappa shape index (κ2) is 7.94. The number of ether oxygens (including phenoxy) is 1. The van der Waals surface area contributed by atoms with Crippen LogP contribution in [0.5, 0.6) is 0 Å². The Kier molecular flexibility index (Phi) is 5.44. The minimum Gasteiger partial charge on any atom is -0.383 e. The number of hydrogen-bond donors (Lipinski definition) is 0. The first-order chi connectivity index (χ1) is 11.4. The van der Waals surface area contributed by atoms with Crippen LogP contribution in [0.15, 0.2) is 54.2 Å². The summed E-state index contributed by atoms with van der Waals surface area (Å²) in [6, 6.07) is 10.4. The number of rotatable bonds is 8. The molecule has 0 saturated carbocycles. The molecule has 0 aliphatic rings. The van der Waals surface area contributed by atoms with E-state index in [2.05, 4.69) is 44.0 Å². The van der Waals surface area contributed by atoms with Gasteiger partial charge in [0.2, 0.25) is 0 Å². The fourth-order valence-corrected chi connectivity index (χ4v) is 3.14. The van der Waals surface area contributed by atoms with E-state index in [1.807, 2.05) is 23.0 Å². The number of nitrogens with zero attached hydrogens (tertiary/aromatic N) is 5. The van der Waals surface area contributed by atoms with Crippen LogP contribution in [-0.2, 0) is 23.6 Å². The van der Waals surface area contributed by atoms with Crippen molar-refractivity contribution in [1.82, 2.24) is 24.3 Å². The molecule has 0 aliphatic carbocycles. The van der Waals surface area contributed by atoms with E-state index in [1.165, 1.54) is 5.56 Å². The Morgan fingerprint density at radius 2 is 2.04 bits per heavy atom. The van der Waals surface area contributed by atoms with Crippen molar-refractivity contribution >= 4 is 11.8 Å². The molecule has 0 atom stereocenters. The molecular weight excluding hydrogens is 310 g/mol. The molecule has 23 heavy (non-hydrogen) atoms. The predicted molar refractivity (Wildman–Crippen MR) is 89.2 cm³/mol. The molecule has 2 heterocycles. The molecule has 0 N–H and O–H groups in total. The molecule has 0 spiro atoms. The van der Waals surface area contributed by atoms with Gasteiger partial charge in [0, 0.05) is 32.6 Å². The predicted octanol–water partition coefficient (Wildman–Crippen LogP) is 2.46. The number of aromatic nitrogens is 5. The maximum Gasteiger partial charge on any atom is 0.191 e. The Bertz CT molecular complexity index is 725. The van der Waals surface area contributed by atoms with Gasteiger partial charge in [-0.05, 0) is 5.56 Å². The summed E-state index contributed by atoms with van der Waals surface area (Å²) in [4.78, 5) is 4.46. The topological polar surface area (TPSA) is 57.8 Å². The van der Waals surface area contributed by atoms with Crippen LogP contribution in [0.1, 0.15) is 11.4 Å². The van der Waals surface area contributed by atoms with Gasteiger partial charge in [-0.25, -0.2) is 4.98 Å².